The molecule has 3 aromatic rings. The van der Waals surface area contributed by atoms with Crippen LogP contribution in [0.4, 0.5) is 22.0 Å². The van der Waals surface area contributed by atoms with Crippen molar-refractivity contribution in [2.45, 2.75) is 24.9 Å². The number of carbonyl (C=O) groups excluding carboxylic acids is 1. The molecule has 1 heterocycles. The highest BCUT2D eigenvalue weighted by molar-refractivity contribution is 7.78. The minimum Gasteiger partial charge on any atom is -0.772 e. The number of alkyl halides is 5. The summed E-state index contributed by atoms with van der Waals surface area (Å²) in [5.74, 6) is -1.10. The summed E-state index contributed by atoms with van der Waals surface area (Å²) in [6, 6.07) is 11.2. The molecule has 0 spiro atoms. The van der Waals surface area contributed by atoms with Gasteiger partial charge in [-0.05, 0) is 41.5 Å². The molecule has 1 aromatic heterocycles. The zero-order chi connectivity index (χ0) is 25.0. The monoisotopic (exact) mass is 499 g/mol. The van der Waals surface area contributed by atoms with Gasteiger partial charge in [-0.15, -0.1) is 0 Å². The van der Waals surface area contributed by atoms with Crippen LogP contribution in [-0.2, 0) is 29.6 Å². The number of nitrogens with one attached hydrogen (secondary N) is 1. The van der Waals surface area contributed by atoms with Crippen LogP contribution in [-0.4, -0.2) is 19.2 Å². The SMILES string of the molecule is O=C(NCc1ccc(CS(=O)[O-])cc1)c1ccc(C(F)F)n(-c2cccc(C(F)(F)F)c2)c1=O. The fraction of sp³-hybridized carbons (Fsp3) is 0.182. The third-order valence-electron chi connectivity index (χ3n) is 4.77. The van der Waals surface area contributed by atoms with Gasteiger partial charge in [0.05, 0.1) is 11.3 Å². The smallest absolute Gasteiger partial charge is 0.416 e. The molecule has 0 saturated heterocycles. The van der Waals surface area contributed by atoms with E-state index in [0.29, 0.717) is 21.8 Å². The van der Waals surface area contributed by atoms with Crippen molar-refractivity contribution in [1.29, 1.82) is 0 Å². The second kappa shape index (κ2) is 10.3. The molecule has 0 aliphatic carbocycles. The molecule has 0 radical (unpaired) electrons. The average Bonchev–Trinajstić information content (AvgIpc) is 2.77. The first-order valence-corrected chi connectivity index (χ1v) is 10.9. The first kappa shape index (κ1) is 25.2. The number of hydrogen-bond acceptors (Lipinski definition) is 4. The van der Waals surface area contributed by atoms with Crippen molar-refractivity contribution in [3.63, 3.8) is 0 Å². The van der Waals surface area contributed by atoms with Crippen LogP contribution in [0.5, 0.6) is 0 Å². The Morgan fingerprint density at radius 3 is 2.26 bits per heavy atom. The molecule has 6 nitrogen and oxygen atoms in total. The van der Waals surface area contributed by atoms with Gasteiger partial charge in [0.1, 0.15) is 5.56 Å². The number of amides is 1. The topological polar surface area (TPSA) is 91.2 Å². The number of carbonyl (C=O) groups is 1. The largest absolute Gasteiger partial charge is 0.772 e. The van der Waals surface area contributed by atoms with Crippen LogP contribution in [0.15, 0.2) is 65.5 Å². The van der Waals surface area contributed by atoms with Crippen LogP contribution in [0.3, 0.4) is 0 Å². The lowest BCUT2D eigenvalue weighted by atomic mass is 10.1. The molecule has 12 heteroatoms. The van der Waals surface area contributed by atoms with Crippen molar-refractivity contribution < 1.29 is 35.5 Å². The maximum absolute atomic E-state index is 13.5. The molecular weight excluding hydrogens is 483 g/mol. The summed E-state index contributed by atoms with van der Waals surface area (Å²) in [5.41, 5.74) is -3.13. The lowest BCUT2D eigenvalue weighted by molar-refractivity contribution is -0.137. The fourth-order valence-corrected chi connectivity index (χ4v) is 3.61. The number of benzene rings is 2. The van der Waals surface area contributed by atoms with E-state index >= 15 is 0 Å². The number of halogens is 5. The Balaban J connectivity index is 1.91. The van der Waals surface area contributed by atoms with Crippen molar-refractivity contribution in [2.24, 2.45) is 0 Å². The van der Waals surface area contributed by atoms with Gasteiger partial charge in [0, 0.05) is 18.0 Å². The van der Waals surface area contributed by atoms with E-state index in [-0.39, 0.29) is 12.3 Å². The van der Waals surface area contributed by atoms with E-state index in [1.54, 1.807) is 12.1 Å². The minimum atomic E-state index is -4.77. The van der Waals surface area contributed by atoms with E-state index in [9.17, 15) is 40.3 Å². The third-order valence-corrected chi connectivity index (χ3v) is 5.34. The minimum absolute atomic E-state index is 0.0703. The molecule has 1 atom stereocenters. The first-order chi connectivity index (χ1) is 16.0. The van der Waals surface area contributed by atoms with Crippen molar-refractivity contribution in [3.8, 4) is 5.69 Å². The number of aromatic nitrogens is 1. The fourth-order valence-electron chi connectivity index (χ4n) is 3.15. The number of rotatable bonds is 7. The highest BCUT2D eigenvalue weighted by Gasteiger charge is 2.31. The first-order valence-electron chi connectivity index (χ1n) is 9.61. The molecule has 1 unspecified atom stereocenters. The maximum Gasteiger partial charge on any atom is 0.416 e. The second-order valence-corrected chi connectivity index (χ2v) is 8.00. The van der Waals surface area contributed by atoms with Crippen LogP contribution in [0.2, 0.25) is 0 Å². The number of hydrogen-bond donors (Lipinski definition) is 1. The van der Waals surface area contributed by atoms with Crippen molar-refractivity contribution in [2.75, 3.05) is 0 Å². The molecule has 2 aromatic carbocycles. The van der Waals surface area contributed by atoms with E-state index in [1.807, 2.05) is 0 Å². The normalized spacial score (nSPS) is 12.6. The van der Waals surface area contributed by atoms with Crippen LogP contribution >= 0.6 is 0 Å². The molecule has 0 bridgehead atoms. The van der Waals surface area contributed by atoms with Crippen molar-refractivity contribution in [1.82, 2.24) is 9.88 Å². The van der Waals surface area contributed by atoms with Gasteiger partial charge in [-0.2, -0.15) is 13.2 Å². The van der Waals surface area contributed by atoms with E-state index in [1.165, 1.54) is 12.1 Å². The Kier molecular flexibility index (Phi) is 7.62. The standard InChI is InChI=1S/C22H17F5N2O4S/c23-19(24)18-9-8-17(20(30)28-11-13-4-6-14(7-5-13)12-34(32)33)21(31)29(18)16-3-1-2-15(10-16)22(25,26)27/h1-10,19H,11-12H2,(H,28,30)(H,32,33)/p-1. The van der Waals surface area contributed by atoms with E-state index in [0.717, 1.165) is 30.3 Å². The summed E-state index contributed by atoms with van der Waals surface area (Å²) >= 11 is -2.26. The van der Waals surface area contributed by atoms with Gasteiger partial charge in [-0.3, -0.25) is 18.4 Å². The summed E-state index contributed by atoms with van der Waals surface area (Å²) in [7, 11) is 0. The van der Waals surface area contributed by atoms with Crippen LogP contribution in [0, 0.1) is 0 Å². The Labute approximate surface area is 192 Å². The number of nitrogens with zero attached hydrogens (tertiary/aromatic N) is 1. The molecule has 34 heavy (non-hydrogen) atoms. The predicted octanol–water partition coefficient (Wildman–Crippen LogP) is 4.10. The maximum atomic E-state index is 13.5. The Morgan fingerprint density at radius 1 is 1.03 bits per heavy atom. The quantitative estimate of drug-likeness (QED) is 0.392. The molecule has 180 valence electrons. The van der Waals surface area contributed by atoms with Crippen LogP contribution in [0.25, 0.3) is 5.69 Å². The van der Waals surface area contributed by atoms with Gasteiger partial charge in [0.25, 0.3) is 17.9 Å². The average molecular weight is 499 g/mol. The predicted molar refractivity (Wildman–Crippen MR) is 112 cm³/mol. The molecule has 0 fully saturated rings. The number of pyridine rings is 1. The zero-order valence-corrected chi connectivity index (χ0v) is 18.0. The molecule has 0 aliphatic rings. The van der Waals surface area contributed by atoms with E-state index in [2.05, 4.69) is 5.32 Å². The summed E-state index contributed by atoms with van der Waals surface area (Å²) in [6.45, 7) is -0.0703. The molecular formula is C22H16F5N2O4S-. The van der Waals surface area contributed by atoms with Gasteiger partial charge < -0.3 is 9.87 Å². The molecule has 1 amide bonds. The Hall–Kier alpha value is -3.38. The Bertz CT molecular complexity index is 1270. The van der Waals surface area contributed by atoms with Gasteiger partial charge in [0.2, 0.25) is 0 Å². The van der Waals surface area contributed by atoms with Crippen molar-refractivity contribution >= 4 is 17.0 Å². The summed E-state index contributed by atoms with van der Waals surface area (Å²) in [5, 5.41) is 2.44. The molecule has 1 N–H and O–H groups in total. The highest BCUT2D eigenvalue weighted by Crippen LogP contribution is 2.31. The lowest BCUT2D eigenvalue weighted by Crippen LogP contribution is -2.33. The van der Waals surface area contributed by atoms with Gasteiger partial charge in [0.15, 0.2) is 0 Å². The van der Waals surface area contributed by atoms with E-state index in [4.69, 9.17) is 0 Å². The van der Waals surface area contributed by atoms with Crippen LogP contribution < -0.4 is 10.9 Å². The van der Waals surface area contributed by atoms with Gasteiger partial charge >= 0.3 is 6.18 Å². The summed E-state index contributed by atoms with van der Waals surface area (Å²) in [4.78, 5) is 25.5. The van der Waals surface area contributed by atoms with Gasteiger partial charge in [-0.1, -0.05) is 41.4 Å². The Morgan fingerprint density at radius 2 is 1.68 bits per heavy atom. The second-order valence-electron chi connectivity index (χ2n) is 7.11. The molecule has 0 aliphatic heterocycles. The highest BCUT2D eigenvalue weighted by atomic mass is 32.2. The van der Waals surface area contributed by atoms with Gasteiger partial charge in [-0.25, -0.2) is 8.78 Å². The van der Waals surface area contributed by atoms with E-state index < -0.39 is 57.7 Å². The lowest BCUT2D eigenvalue weighted by Gasteiger charge is -2.16. The summed E-state index contributed by atoms with van der Waals surface area (Å²) in [6.07, 6.45) is -7.96. The molecule has 0 saturated carbocycles. The van der Waals surface area contributed by atoms with Crippen LogP contribution in [0.1, 0.15) is 39.2 Å². The van der Waals surface area contributed by atoms with Crippen molar-refractivity contribution in [3.05, 3.63) is 99.0 Å². The zero-order valence-electron chi connectivity index (χ0n) is 17.1. The third kappa shape index (κ3) is 5.94. The molecule has 3 rings (SSSR count). The summed E-state index contributed by atoms with van der Waals surface area (Å²) < 4.78 is 88.1.